The number of sulfonamides is 1. The lowest BCUT2D eigenvalue weighted by molar-refractivity contribution is -0.127. The maximum atomic E-state index is 12.4. The van der Waals surface area contributed by atoms with Crippen molar-refractivity contribution >= 4 is 15.9 Å². The Morgan fingerprint density at radius 1 is 1.22 bits per heavy atom. The smallest absolute Gasteiger partial charge is 0.275 e. The Labute approximate surface area is 158 Å². The normalized spacial score (nSPS) is 12.5. The summed E-state index contributed by atoms with van der Waals surface area (Å²) >= 11 is 0. The lowest BCUT2D eigenvalue weighted by Gasteiger charge is -2.15. The van der Waals surface area contributed by atoms with E-state index in [1.54, 1.807) is 45.2 Å². The first-order chi connectivity index (χ1) is 12.7. The summed E-state index contributed by atoms with van der Waals surface area (Å²) in [6, 6.07) is 6.78. The molecule has 148 valence electrons. The number of hydrazine groups is 1. The van der Waals surface area contributed by atoms with E-state index in [9.17, 15) is 13.2 Å². The summed E-state index contributed by atoms with van der Waals surface area (Å²) in [5.74, 6) is 0.520. The van der Waals surface area contributed by atoms with Gasteiger partial charge in [0.15, 0.2) is 6.10 Å². The Hall–Kier alpha value is -2.59. The number of rotatable bonds is 8. The predicted molar refractivity (Wildman–Crippen MR) is 98.8 cm³/mol. The number of aromatic nitrogens is 2. The third-order valence-corrected chi connectivity index (χ3v) is 5.34. The highest BCUT2D eigenvalue weighted by atomic mass is 32.2. The largest absolute Gasteiger partial charge is 0.494 e. The van der Waals surface area contributed by atoms with Crippen molar-refractivity contribution in [3.05, 3.63) is 35.7 Å². The van der Waals surface area contributed by atoms with Crippen LogP contribution < -0.4 is 19.7 Å². The average molecular weight is 396 g/mol. The summed E-state index contributed by atoms with van der Waals surface area (Å²) in [7, 11) is -2.31. The number of hydrogen-bond donors (Lipinski definition) is 2. The zero-order chi connectivity index (χ0) is 20.2. The SMILES string of the molecule is CCOc1ccc(O[C@H](C)C(=O)NNS(=O)(=O)c2c(C)nn(C)c2C)cc1. The van der Waals surface area contributed by atoms with Crippen molar-refractivity contribution in [2.24, 2.45) is 7.05 Å². The molecule has 2 rings (SSSR count). The second-order valence-corrected chi connectivity index (χ2v) is 7.50. The fourth-order valence-corrected chi connectivity index (χ4v) is 3.74. The van der Waals surface area contributed by atoms with Gasteiger partial charge in [-0.2, -0.15) is 5.10 Å². The minimum Gasteiger partial charge on any atom is -0.494 e. The summed E-state index contributed by atoms with van der Waals surface area (Å²) in [5.41, 5.74) is 2.98. The Morgan fingerprint density at radius 2 is 1.81 bits per heavy atom. The maximum absolute atomic E-state index is 12.4. The highest BCUT2D eigenvalue weighted by molar-refractivity contribution is 7.89. The van der Waals surface area contributed by atoms with E-state index in [1.165, 1.54) is 11.6 Å². The van der Waals surface area contributed by atoms with Crippen LogP contribution in [0.4, 0.5) is 0 Å². The third-order valence-electron chi connectivity index (χ3n) is 3.84. The molecular weight excluding hydrogens is 372 g/mol. The van der Waals surface area contributed by atoms with Crippen LogP contribution in [0.2, 0.25) is 0 Å². The minimum absolute atomic E-state index is 0.0328. The van der Waals surface area contributed by atoms with Gasteiger partial charge in [0, 0.05) is 7.05 Å². The number of benzene rings is 1. The van der Waals surface area contributed by atoms with E-state index in [2.05, 4.69) is 15.4 Å². The van der Waals surface area contributed by atoms with Gasteiger partial charge >= 0.3 is 0 Å². The van der Waals surface area contributed by atoms with Crippen LogP contribution in [-0.2, 0) is 21.9 Å². The zero-order valence-corrected chi connectivity index (χ0v) is 16.8. The van der Waals surface area contributed by atoms with Crippen LogP contribution in [0, 0.1) is 13.8 Å². The molecule has 0 aliphatic heterocycles. The number of carbonyl (C=O) groups is 1. The van der Waals surface area contributed by atoms with Gasteiger partial charge in [0.05, 0.1) is 18.0 Å². The number of hydrogen-bond acceptors (Lipinski definition) is 6. The van der Waals surface area contributed by atoms with E-state index in [4.69, 9.17) is 9.47 Å². The van der Waals surface area contributed by atoms with E-state index in [1.807, 2.05) is 6.92 Å². The molecule has 0 bridgehead atoms. The first kappa shape index (κ1) is 20.7. The van der Waals surface area contributed by atoms with Gasteiger partial charge in [-0.3, -0.25) is 14.9 Å². The monoisotopic (exact) mass is 396 g/mol. The first-order valence-corrected chi connectivity index (χ1v) is 9.85. The summed E-state index contributed by atoms with van der Waals surface area (Å²) in [5, 5.41) is 4.07. The van der Waals surface area contributed by atoms with Gasteiger partial charge in [-0.15, -0.1) is 4.83 Å². The molecule has 1 atom stereocenters. The standard InChI is InChI=1S/C17H24N4O5S/c1-6-25-14-7-9-15(10-8-14)26-13(4)17(22)18-20-27(23,24)16-11(2)19-21(5)12(16)3/h7-10,13,20H,6H2,1-5H3,(H,18,22)/t13-/m1/s1. The zero-order valence-electron chi connectivity index (χ0n) is 15.9. The fraction of sp³-hybridized carbons (Fsp3) is 0.412. The van der Waals surface area contributed by atoms with Gasteiger partial charge in [0.1, 0.15) is 16.4 Å². The molecule has 1 amide bonds. The summed E-state index contributed by atoms with van der Waals surface area (Å²) in [4.78, 5) is 14.3. The Kier molecular flexibility index (Phi) is 6.45. The minimum atomic E-state index is -3.95. The van der Waals surface area contributed by atoms with Crippen molar-refractivity contribution in [3.63, 3.8) is 0 Å². The molecule has 0 saturated carbocycles. The van der Waals surface area contributed by atoms with Crippen LogP contribution in [0.1, 0.15) is 25.2 Å². The molecule has 0 fully saturated rings. The summed E-state index contributed by atoms with van der Waals surface area (Å²) < 4.78 is 37.2. The van der Waals surface area contributed by atoms with Gasteiger partial charge in [-0.05, 0) is 52.0 Å². The number of aryl methyl sites for hydroxylation is 2. The lowest BCUT2D eigenvalue weighted by atomic mass is 10.3. The van der Waals surface area contributed by atoms with E-state index >= 15 is 0 Å². The fourth-order valence-electron chi connectivity index (χ4n) is 2.45. The van der Waals surface area contributed by atoms with Crippen molar-refractivity contribution in [3.8, 4) is 11.5 Å². The van der Waals surface area contributed by atoms with Crippen molar-refractivity contribution in [1.82, 2.24) is 20.0 Å². The number of carbonyl (C=O) groups excluding carboxylic acids is 1. The van der Waals surface area contributed by atoms with Gasteiger partial charge in [0.2, 0.25) is 0 Å². The number of ether oxygens (including phenoxy) is 2. The molecule has 1 aromatic heterocycles. The Morgan fingerprint density at radius 3 is 2.33 bits per heavy atom. The lowest BCUT2D eigenvalue weighted by Crippen LogP contribution is -2.47. The Balaban J connectivity index is 1.98. The maximum Gasteiger partial charge on any atom is 0.275 e. The summed E-state index contributed by atoms with van der Waals surface area (Å²) in [6.07, 6.45) is -0.915. The average Bonchev–Trinajstić information content (AvgIpc) is 2.87. The van der Waals surface area contributed by atoms with Crippen LogP contribution in [0.3, 0.4) is 0 Å². The molecule has 9 nitrogen and oxygen atoms in total. The highest BCUT2D eigenvalue weighted by Crippen LogP contribution is 2.19. The molecule has 1 aromatic carbocycles. The van der Waals surface area contributed by atoms with Crippen LogP contribution >= 0.6 is 0 Å². The molecule has 0 aliphatic carbocycles. The number of amides is 1. The molecule has 0 unspecified atom stereocenters. The highest BCUT2D eigenvalue weighted by Gasteiger charge is 2.25. The molecule has 0 spiro atoms. The van der Waals surface area contributed by atoms with Crippen molar-refractivity contribution in [2.45, 2.75) is 38.7 Å². The van der Waals surface area contributed by atoms with Gasteiger partial charge < -0.3 is 9.47 Å². The van der Waals surface area contributed by atoms with Crippen LogP contribution in [0.25, 0.3) is 0 Å². The quantitative estimate of drug-likeness (QED) is 0.649. The molecule has 0 radical (unpaired) electrons. The molecule has 1 heterocycles. The van der Waals surface area contributed by atoms with Gasteiger partial charge in [-0.1, -0.05) is 0 Å². The van der Waals surface area contributed by atoms with Crippen molar-refractivity contribution < 1.29 is 22.7 Å². The van der Waals surface area contributed by atoms with Crippen LogP contribution in [-0.4, -0.2) is 36.8 Å². The second-order valence-electron chi connectivity index (χ2n) is 5.88. The van der Waals surface area contributed by atoms with E-state index in [-0.39, 0.29) is 4.90 Å². The van der Waals surface area contributed by atoms with Gasteiger partial charge in [0.25, 0.3) is 15.9 Å². The second kappa shape index (κ2) is 8.40. The van der Waals surface area contributed by atoms with Gasteiger partial charge in [-0.25, -0.2) is 8.42 Å². The topological polar surface area (TPSA) is 112 Å². The third kappa shape index (κ3) is 4.98. The first-order valence-electron chi connectivity index (χ1n) is 8.37. The summed E-state index contributed by atoms with van der Waals surface area (Å²) in [6.45, 7) is 7.16. The molecule has 2 aromatic rings. The number of nitrogens with zero attached hydrogens (tertiary/aromatic N) is 2. The molecular formula is C17H24N4O5S. The molecule has 27 heavy (non-hydrogen) atoms. The van der Waals surface area contributed by atoms with E-state index < -0.39 is 22.0 Å². The van der Waals surface area contributed by atoms with Crippen LogP contribution in [0.15, 0.2) is 29.2 Å². The number of nitrogens with one attached hydrogen (secondary N) is 2. The molecule has 0 aliphatic rings. The van der Waals surface area contributed by atoms with Crippen molar-refractivity contribution in [1.29, 1.82) is 0 Å². The predicted octanol–water partition coefficient (Wildman–Crippen LogP) is 1.21. The molecule has 0 saturated heterocycles. The van der Waals surface area contributed by atoms with E-state index in [0.717, 1.165) is 0 Å². The van der Waals surface area contributed by atoms with Crippen LogP contribution in [0.5, 0.6) is 11.5 Å². The molecule has 10 heteroatoms. The van der Waals surface area contributed by atoms with E-state index in [0.29, 0.717) is 29.5 Å². The Bertz CT molecular complexity index is 906. The molecule has 2 N–H and O–H groups in total. The van der Waals surface area contributed by atoms with Crippen molar-refractivity contribution in [2.75, 3.05) is 6.61 Å².